The average Bonchev–Trinajstić information content (AvgIpc) is 2.39. The summed E-state index contributed by atoms with van der Waals surface area (Å²) in [6.45, 7) is 4.08. The third-order valence-electron chi connectivity index (χ3n) is 3.47. The first-order valence-electron chi connectivity index (χ1n) is 6.31. The fraction of sp³-hybridized carbons (Fsp3) is 0.500. The quantitative estimate of drug-likeness (QED) is 0.823. The molecular weight excluding hydrogens is 244 g/mol. The number of hydrogen-bond donors (Lipinski definition) is 2. The van der Waals surface area contributed by atoms with E-state index in [1.54, 1.807) is 11.8 Å². The number of hydrogen-bond acceptors (Lipinski definition) is 3. The van der Waals surface area contributed by atoms with Crippen LogP contribution in [-0.4, -0.2) is 30.8 Å². The average molecular weight is 264 g/mol. The maximum Gasteiger partial charge on any atom is 0.252 e. The fourth-order valence-corrected chi connectivity index (χ4v) is 2.87. The Labute approximate surface area is 113 Å². The Morgan fingerprint density at radius 3 is 2.67 bits per heavy atom. The smallest absolute Gasteiger partial charge is 0.252 e. The highest BCUT2D eigenvalue weighted by Gasteiger charge is 2.29. The summed E-state index contributed by atoms with van der Waals surface area (Å²) in [6.07, 6.45) is 3.97. The van der Waals surface area contributed by atoms with Gasteiger partial charge in [0.1, 0.15) is 0 Å². The summed E-state index contributed by atoms with van der Waals surface area (Å²) in [5.41, 5.74) is 0.707. The molecule has 1 fully saturated rings. The Balaban J connectivity index is 2.11. The molecule has 1 amide bonds. The monoisotopic (exact) mass is 264 g/mol. The van der Waals surface area contributed by atoms with Crippen LogP contribution in [0.4, 0.5) is 0 Å². The van der Waals surface area contributed by atoms with Gasteiger partial charge in [0.25, 0.3) is 5.91 Å². The van der Waals surface area contributed by atoms with Crippen LogP contribution in [0.15, 0.2) is 29.2 Å². The van der Waals surface area contributed by atoms with Crippen LogP contribution in [0.5, 0.6) is 0 Å². The van der Waals surface area contributed by atoms with Gasteiger partial charge in [0, 0.05) is 10.4 Å². The van der Waals surface area contributed by atoms with E-state index in [9.17, 15) is 4.79 Å². The molecule has 98 valence electrons. The number of thioether (sulfide) groups is 1. The van der Waals surface area contributed by atoms with Crippen molar-refractivity contribution >= 4 is 17.7 Å². The van der Waals surface area contributed by atoms with Crippen molar-refractivity contribution in [1.29, 1.82) is 0 Å². The van der Waals surface area contributed by atoms with Crippen LogP contribution in [0.2, 0.25) is 0 Å². The predicted octanol–water partition coefficient (Wildman–Crippen LogP) is 2.28. The van der Waals surface area contributed by atoms with Crippen LogP contribution in [-0.2, 0) is 0 Å². The molecule has 2 N–H and O–H groups in total. The third-order valence-corrected chi connectivity index (χ3v) is 4.27. The van der Waals surface area contributed by atoms with Crippen molar-refractivity contribution < 1.29 is 4.79 Å². The minimum Gasteiger partial charge on any atom is -0.347 e. The van der Waals surface area contributed by atoms with Gasteiger partial charge in [-0.25, -0.2) is 0 Å². The van der Waals surface area contributed by atoms with E-state index < -0.39 is 0 Å². The summed E-state index contributed by atoms with van der Waals surface area (Å²) < 4.78 is 0. The largest absolute Gasteiger partial charge is 0.347 e. The highest BCUT2D eigenvalue weighted by atomic mass is 32.2. The van der Waals surface area contributed by atoms with Crippen LogP contribution in [0.1, 0.15) is 30.1 Å². The van der Waals surface area contributed by atoms with E-state index in [0.29, 0.717) is 0 Å². The second-order valence-electron chi connectivity index (χ2n) is 4.97. The molecule has 0 aromatic heterocycles. The lowest BCUT2D eigenvalue weighted by atomic mass is 9.90. The molecule has 0 atom stereocenters. The van der Waals surface area contributed by atoms with E-state index in [1.165, 1.54) is 0 Å². The highest BCUT2D eigenvalue weighted by Crippen LogP contribution is 2.22. The van der Waals surface area contributed by atoms with E-state index in [1.807, 2.05) is 30.5 Å². The minimum absolute atomic E-state index is 0.0457. The molecule has 0 radical (unpaired) electrons. The summed E-state index contributed by atoms with van der Waals surface area (Å²) in [7, 11) is 0. The van der Waals surface area contributed by atoms with E-state index in [0.717, 1.165) is 36.4 Å². The third kappa shape index (κ3) is 3.06. The first kappa shape index (κ1) is 13.4. The van der Waals surface area contributed by atoms with E-state index in [2.05, 4.69) is 17.6 Å². The van der Waals surface area contributed by atoms with Gasteiger partial charge in [0.2, 0.25) is 0 Å². The van der Waals surface area contributed by atoms with Gasteiger partial charge >= 0.3 is 0 Å². The summed E-state index contributed by atoms with van der Waals surface area (Å²) in [5, 5.41) is 6.51. The zero-order valence-electron chi connectivity index (χ0n) is 11.0. The second-order valence-corrected chi connectivity index (χ2v) is 5.81. The molecule has 1 aliphatic rings. The maximum absolute atomic E-state index is 12.4. The molecule has 3 nitrogen and oxygen atoms in total. The number of piperidine rings is 1. The number of carbonyl (C=O) groups is 1. The number of nitrogens with one attached hydrogen (secondary N) is 2. The molecular formula is C14H20N2OS. The van der Waals surface area contributed by atoms with Crippen LogP contribution in [0.3, 0.4) is 0 Å². The minimum atomic E-state index is -0.0755. The van der Waals surface area contributed by atoms with Gasteiger partial charge in [-0.1, -0.05) is 12.1 Å². The Hall–Kier alpha value is -1.00. The van der Waals surface area contributed by atoms with Gasteiger partial charge < -0.3 is 10.6 Å². The van der Waals surface area contributed by atoms with Crippen LogP contribution in [0.25, 0.3) is 0 Å². The summed E-state index contributed by atoms with van der Waals surface area (Å²) >= 11 is 1.61. The highest BCUT2D eigenvalue weighted by molar-refractivity contribution is 7.98. The van der Waals surface area contributed by atoms with Crippen LogP contribution >= 0.6 is 11.8 Å². The van der Waals surface area contributed by atoms with Gasteiger partial charge in [-0.3, -0.25) is 4.79 Å². The molecule has 4 heteroatoms. The maximum atomic E-state index is 12.4. The molecule has 1 aromatic rings. The first-order chi connectivity index (χ1) is 8.64. The Kier molecular flexibility index (Phi) is 4.30. The normalized spacial score (nSPS) is 18.3. The van der Waals surface area contributed by atoms with Gasteiger partial charge in [-0.15, -0.1) is 11.8 Å². The van der Waals surface area contributed by atoms with Gasteiger partial charge in [-0.05, 0) is 51.2 Å². The van der Waals surface area contributed by atoms with Gasteiger partial charge in [0.05, 0.1) is 5.56 Å². The summed E-state index contributed by atoms with van der Waals surface area (Å²) in [5.74, 6) is 0.0457. The molecule has 0 aliphatic carbocycles. The van der Waals surface area contributed by atoms with E-state index in [4.69, 9.17) is 0 Å². The number of carbonyl (C=O) groups excluding carboxylic acids is 1. The summed E-state index contributed by atoms with van der Waals surface area (Å²) in [4.78, 5) is 13.4. The van der Waals surface area contributed by atoms with Crippen molar-refractivity contribution in [3.63, 3.8) is 0 Å². The van der Waals surface area contributed by atoms with E-state index >= 15 is 0 Å². The molecule has 18 heavy (non-hydrogen) atoms. The lowest BCUT2D eigenvalue weighted by Crippen LogP contribution is -2.52. The molecule has 0 bridgehead atoms. The lowest BCUT2D eigenvalue weighted by molar-refractivity contribution is 0.0884. The van der Waals surface area contributed by atoms with Crippen molar-refractivity contribution in [2.45, 2.75) is 30.2 Å². The molecule has 1 aliphatic heterocycles. The van der Waals surface area contributed by atoms with Crippen LogP contribution < -0.4 is 10.6 Å². The van der Waals surface area contributed by atoms with Crippen molar-refractivity contribution in [3.05, 3.63) is 29.8 Å². The van der Waals surface area contributed by atoms with Crippen molar-refractivity contribution in [2.75, 3.05) is 19.3 Å². The molecule has 1 saturated heterocycles. The Morgan fingerprint density at radius 2 is 2.00 bits per heavy atom. The van der Waals surface area contributed by atoms with Gasteiger partial charge in [0.15, 0.2) is 0 Å². The zero-order chi connectivity index (χ0) is 13.0. The predicted molar refractivity (Wildman–Crippen MR) is 76.2 cm³/mol. The molecule has 1 heterocycles. The standard InChI is InChI=1S/C14H20N2OS/c1-14(7-9-15-10-8-14)16-13(17)11-5-3-4-6-12(11)18-2/h3-6,15H,7-10H2,1-2H3,(H,16,17). The Bertz CT molecular complexity index is 428. The van der Waals surface area contributed by atoms with Crippen LogP contribution in [0, 0.1) is 0 Å². The van der Waals surface area contributed by atoms with Crippen molar-refractivity contribution in [1.82, 2.24) is 10.6 Å². The van der Waals surface area contributed by atoms with Crippen molar-refractivity contribution in [2.24, 2.45) is 0 Å². The zero-order valence-corrected chi connectivity index (χ0v) is 11.8. The number of benzene rings is 1. The molecule has 1 aromatic carbocycles. The Morgan fingerprint density at radius 1 is 1.33 bits per heavy atom. The number of amides is 1. The van der Waals surface area contributed by atoms with E-state index in [-0.39, 0.29) is 11.4 Å². The van der Waals surface area contributed by atoms with Gasteiger partial charge in [-0.2, -0.15) is 0 Å². The lowest BCUT2D eigenvalue weighted by Gasteiger charge is -2.35. The number of rotatable bonds is 3. The second kappa shape index (κ2) is 5.76. The SMILES string of the molecule is CSc1ccccc1C(=O)NC1(C)CCNCC1. The molecule has 0 unspecified atom stereocenters. The first-order valence-corrected chi connectivity index (χ1v) is 7.53. The molecule has 0 spiro atoms. The molecule has 2 rings (SSSR count). The summed E-state index contributed by atoms with van der Waals surface area (Å²) in [6, 6.07) is 7.77. The topological polar surface area (TPSA) is 41.1 Å². The van der Waals surface area contributed by atoms with Crippen molar-refractivity contribution in [3.8, 4) is 0 Å². The molecule has 0 saturated carbocycles. The fourth-order valence-electron chi connectivity index (χ4n) is 2.28.